The smallest absolute Gasteiger partial charge is 0.229 e. The summed E-state index contributed by atoms with van der Waals surface area (Å²) >= 11 is 6.01. The molecular weight excluding hydrogens is 271 g/mol. The average Bonchev–Trinajstić information content (AvgIpc) is 2.71. The highest BCUT2D eigenvalue weighted by Crippen LogP contribution is 2.27. The first kappa shape index (κ1) is 15.3. The van der Waals surface area contributed by atoms with Gasteiger partial charge in [-0.2, -0.15) is 0 Å². The molecule has 18 heavy (non-hydrogen) atoms. The van der Waals surface area contributed by atoms with Crippen LogP contribution in [0.3, 0.4) is 0 Å². The Labute approximate surface area is 118 Å². The number of carbonyl (C=O) groups excluding carboxylic acids is 1. The van der Waals surface area contributed by atoms with Crippen LogP contribution in [0.15, 0.2) is 18.2 Å². The minimum Gasteiger partial charge on any atom is -0.327 e. The lowest BCUT2D eigenvalue weighted by Crippen LogP contribution is -2.34. The predicted octanol–water partition coefficient (Wildman–Crippen LogP) is 3.14. The van der Waals surface area contributed by atoms with Crippen molar-refractivity contribution in [3.05, 3.63) is 28.8 Å². The minimum absolute atomic E-state index is 0. The first-order chi connectivity index (χ1) is 8.09. The maximum Gasteiger partial charge on any atom is 0.229 e. The quantitative estimate of drug-likeness (QED) is 0.878. The van der Waals surface area contributed by atoms with Crippen LogP contribution in [0.4, 0.5) is 5.69 Å². The van der Waals surface area contributed by atoms with Gasteiger partial charge in [0.2, 0.25) is 5.91 Å². The first-order valence-electron chi connectivity index (χ1n) is 5.91. The lowest BCUT2D eigenvalue weighted by Gasteiger charge is -2.16. The molecule has 2 atom stereocenters. The molecule has 0 radical (unpaired) electrons. The Morgan fingerprint density at radius 2 is 2.17 bits per heavy atom. The number of anilines is 1. The van der Waals surface area contributed by atoms with E-state index in [0.29, 0.717) is 5.02 Å². The molecule has 2 rings (SSSR count). The van der Waals surface area contributed by atoms with E-state index in [2.05, 4.69) is 5.32 Å². The highest BCUT2D eigenvalue weighted by atomic mass is 35.5. The third-order valence-corrected chi connectivity index (χ3v) is 3.84. The molecule has 0 aliphatic heterocycles. The topological polar surface area (TPSA) is 55.1 Å². The maximum atomic E-state index is 12.1. The zero-order valence-electron chi connectivity index (χ0n) is 10.3. The van der Waals surface area contributed by atoms with Crippen LogP contribution in [0.5, 0.6) is 0 Å². The Bertz CT molecular complexity index is 437. The third kappa shape index (κ3) is 3.16. The number of hydrogen-bond acceptors (Lipinski definition) is 2. The standard InChI is InChI=1S/C13H17ClN2O.ClH/c1-8-10(14)5-3-7-12(8)16-13(17)9-4-2-6-11(9)15;/h3,5,7,9,11H,2,4,6,15H2,1H3,(H,16,17);1H. The molecule has 0 spiro atoms. The van der Waals surface area contributed by atoms with Crippen LogP contribution >= 0.6 is 24.0 Å². The Balaban J connectivity index is 0.00000162. The zero-order chi connectivity index (χ0) is 12.4. The molecule has 5 heteroatoms. The van der Waals surface area contributed by atoms with Crippen LogP contribution in [-0.2, 0) is 4.79 Å². The van der Waals surface area contributed by atoms with Crippen molar-refractivity contribution in [1.29, 1.82) is 0 Å². The van der Waals surface area contributed by atoms with Gasteiger partial charge in [0.15, 0.2) is 0 Å². The number of hydrogen-bond donors (Lipinski definition) is 2. The summed E-state index contributed by atoms with van der Waals surface area (Å²) in [5.74, 6) is -0.0475. The molecule has 0 aromatic heterocycles. The minimum atomic E-state index is -0.0617. The molecule has 1 amide bonds. The summed E-state index contributed by atoms with van der Waals surface area (Å²) in [5.41, 5.74) is 7.59. The molecule has 1 aromatic rings. The van der Waals surface area contributed by atoms with Crippen molar-refractivity contribution in [2.24, 2.45) is 11.7 Å². The monoisotopic (exact) mass is 288 g/mol. The lowest BCUT2D eigenvalue weighted by molar-refractivity contribution is -0.120. The molecule has 0 bridgehead atoms. The highest BCUT2D eigenvalue weighted by Gasteiger charge is 2.30. The Kier molecular flexibility index (Phi) is 5.45. The molecule has 3 N–H and O–H groups in total. The number of amides is 1. The second-order valence-electron chi connectivity index (χ2n) is 4.60. The Hall–Kier alpha value is -0.770. The van der Waals surface area contributed by atoms with Gasteiger partial charge in [-0.3, -0.25) is 4.79 Å². The van der Waals surface area contributed by atoms with Crippen LogP contribution in [0.2, 0.25) is 5.02 Å². The Morgan fingerprint density at radius 1 is 1.44 bits per heavy atom. The summed E-state index contributed by atoms with van der Waals surface area (Å²) < 4.78 is 0. The zero-order valence-corrected chi connectivity index (χ0v) is 11.9. The van der Waals surface area contributed by atoms with Crippen molar-refractivity contribution in [1.82, 2.24) is 0 Å². The third-order valence-electron chi connectivity index (χ3n) is 3.43. The maximum absolute atomic E-state index is 12.1. The molecule has 1 fully saturated rings. The number of nitrogens with two attached hydrogens (primary N) is 1. The molecule has 1 aliphatic carbocycles. The highest BCUT2D eigenvalue weighted by molar-refractivity contribution is 6.31. The van der Waals surface area contributed by atoms with Gasteiger partial charge in [0.05, 0.1) is 5.92 Å². The molecule has 2 unspecified atom stereocenters. The average molecular weight is 289 g/mol. The van der Waals surface area contributed by atoms with Gasteiger partial charge in [-0.25, -0.2) is 0 Å². The van der Waals surface area contributed by atoms with Crippen molar-refractivity contribution in [2.75, 3.05) is 5.32 Å². The summed E-state index contributed by atoms with van der Waals surface area (Å²) in [4.78, 5) is 12.1. The lowest BCUT2D eigenvalue weighted by atomic mass is 10.0. The van der Waals surface area contributed by atoms with Crippen molar-refractivity contribution < 1.29 is 4.79 Å². The van der Waals surface area contributed by atoms with E-state index >= 15 is 0 Å². The molecule has 1 saturated carbocycles. The molecule has 1 aromatic carbocycles. The summed E-state index contributed by atoms with van der Waals surface area (Å²) in [6, 6.07) is 5.50. The van der Waals surface area contributed by atoms with E-state index in [1.54, 1.807) is 0 Å². The summed E-state index contributed by atoms with van der Waals surface area (Å²) in [7, 11) is 0. The number of rotatable bonds is 2. The van der Waals surface area contributed by atoms with Crippen LogP contribution in [0, 0.1) is 12.8 Å². The van der Waals surface area contributed by atoms with Gasteiger partial charge in [0.25, 0.3) is 0 Å². The van der Waals surface area contributed by atoms with Crippen LogP contribution in [-0.4, -0.2) is 11.9 Å². The van der Waals surface area contributed by atoms with Gasteiger partial charge < -0.3 is 11.1 Å². The van der Waals surface area contributed by atoms with E-state index in [9.17, 15) is 4.79 Å². The van der Waals surface area contributed by atoms with E-state index in [1.165, 1.54) is 0 Å². The van der Waals surface area contributed by atoms with E-state index in [0.717, 1.165) is 30.5 Å². The van der Waals surface area contributed by atoms with Gasteiger partial charge in [-0.15, -0.1) is 12.4 Å². The fraction of sp³-hybridized carbons (Fsp3) is 0.462. The molecule has 1 aliphatic rings. The SMILES string of the molecule is Cc1c(Cl)cccc1NC(=O)C1CCCC1N.Cl. The fourth-order valence-electron chi connectivity index (χ4n) is 2.28. The largest absolute Gasteiger partial charge is 0.327 e. The number of halogens is 2. The van der Waals surface area contributed by atoms with Crippen molar-refractivity contribution in [3.8, 4) is 0 Å². The van der Waals surface area contributed by atoms with Gasteiger partial charge in [0, 0.05) is 16.8 Å². The second kappa shape index (κ2) is 6.41. The summed E-state index contributed by atoms with van der Waals surface area (Å²) in [6.45, 7) is 1.90. The molecule has 3 nitrogen and oxygen atoms in total. The molecule has 100 valence electrons. The number of nitrogens with one attached hydrogen (secondary N) is 1. The van der Waals surface area contributed by atoms with E-state index in [4.69, 9.17) is 17.3 Å². The van der Waals surface area contributed by atoms with Crippen molar-refractivity contribution in [2.45, 2.75) is 32.2 Å². The summed E-state index contributed by atoms with van der Waals surface area (Å²) in [5, 5.41) is 3.59. The first-order valence-corrected chi connectivity index (χ1v) is 6.29. The summed E-state index contributed by atoms with van der Waals surface area (Å²) in [6.07, 6.45) is 2.85. The predicted molar refractivity (Wildman–Crippen MR) is 77.4 cm³/mol. The Morgan fingerprint density at radius 3 is 2.78 bits per heavy atom. The van der Waals surface area contributed by atoms with Gasteiger partial charge >= 0.3 is 0 Å². The normalized spacial score (nSPS) is 22.4. The molecule has 0 heterocycles. The van der Waals surface area contributed by atoms with Crippen molar-refractivity contribution >= 4 is 35.6 Å². The van der Waals surface area contributed by atoms with Crippen LogP contribution in [0.1, 0.15) is 24.8 Å². The second-order valence-corrected chi connectivity index (χ2v) is 5.01. The fourth-order valence-corrected chi connectivity index (χ4v) is 2.46. The van der Waals surface area contributed by atoms with E-state index < -0.39 is 0 Å². The van der Waals surface area contributed by atoms with Gasteiger partial charge in [-0.05, 0) is 37.5 Å². The van der Waals surface area contributed by atoms with Crippen molar-refractivity contribution in [3.63, 3.8) is 0 Å². The van der Waals surface area contributed by atoms with Crippen LogP contribution < -0.4 is 11.1 Å². The van der Waals surface area contributed by atoms with E-state index in [1.807, 2.05) is 25.1 Å². The van der Waals surface area contributed by atoms with Crippen LogP contribution in [0.25, 0.3) is 0 Å². The molecular formula is C13H18Cl2N2O. The molecule has 0 saturated heterocycles. The van der Waals surface area contributed by atoms with E-state index in [-0.39, 0.29) is 30.3 Å². The van der Waals surface area contributed by atoms with Gasteiger partial charge in [-0.1, -0.05) is 24.1 Å². The number of carbonyl (C=O) groups is 1. The number of benzene rings is 1. The van der Waals surface area contributed by atoms with Gasteiger partial charge in [0.1, 0.15) is 0 Å².